The van der Waals surface area contributed by atoms with Crippen molar-refractivity contribution in [3.63, 3.8) is 0 Å². The molecule has 1 fully saturated rings. The first-order chi connectivity index (χ1) is 24.1. The second-order valence-electron chi connectivity index (χ2n) is 12.5. The van der Waals surface area contributed by atoms with Gasteiger partial charge in [0.15, 0.2) is 11.5 Å². The van der Waals surface area contributed by atoms with Gasteiger partial charge in [-0.25, -0.2) is 14.2 Å². The van der Waals surface area contributed by atoms with Crippen molar-refractivity contribution >= 4 is 35.1 Å². The van der Waals surface area contributed by atoms with Crippen LogP contribution in [0.4, 0.5) is 26.6 Å². The minimum Gasteiger partial charge on any atom is -0.493 e. The topological polar surface area (TPSA) is 92.3 Å². The number of piperazine rings is 1. The first kappa shape index (κ1) is 36.8. The second-order valence-corrected chi connectivity index (χ2v) is 13.0. The molecule has 1 N–H and O–H groups in total. The number of carbonyl (C=O) groups is 1. The van der Waals surface area contributed by atoms with E-state index in [2.05, 4.69) is 32.0 Å². The summed E-state index contributed by atoms with van der Waals surface area (Å²) in [5, 5.41) is 3.52. The van der Waals surface area contributed by atoms with Gasteiger partial charge in [0.05, 0.1) is 20.3 Å². The molecule has 0 spiro atoms. The highest BCUT2D eigenvalue weighted by molar-refractivity contribution is 6.30. The molecule has 5 rings (SSSR count). The number of rotatable bonds is 14. The van der Waals surface area contributed by atoms with E-state index in [1.807, 2.05) is 45.0 Å². The van der Waals surface area contributed by atoms with E-state index >= 15 is 0 Å². The molecule has 0 bridgehead atoms. The summed E-state index contributed by atoms with van der Waals surface area (Å²) in [4.78, 5) is 29.0. The lowest BCUT2D eigenvalue weighted by Crippen LogP contribution is -2.46. The quantitative estimate of drug-likeness (QED) is 0.131. The lowest BCUT2D eigenvalue weighted by Gasteiger charge is -2.34. The summed E-state index contributed by atoms with van der Waals surface area (Å²) in [6.07, 6.45) is 2.89. The Kier molecular flexibility index (Phi) is 12.9. The molecular formula is C38H46ClFN6O4. The lowest BCUT2D eigenvalue weighted by atomic mass is 10.1. The van der Waals surface area contributed by atoms with Crippen LogP contribution in [0, 0.1) is 26.6 Å². The number of ether oxygens (including phenoxy) is 3. The van der Waals surface area contributed by atoms with Gasteiger partial charge in [0, 0.05) is 61.3 Å². The number of carbonyl (C=O) groups excluding carboxylic acids is 1. The van der Waals surface area contributed by atoms with Crippen LogP contribution >= 0.6 is 11.6 Å². The fraction of sp³-hybridized carbons (Fsp3) is 0.395. The van der Waals surface area contributed by atoms with E-state index in [1.165, 1.54) is 42.3 Å². The van der Waals surface area contributed by atoms with Gasteiger partial charge in [0.25, 0.3) is 0 Å². The molecule has 0 unspecified atom stereocenters. The highest BCUT2D eigenvalue weighted by atomic mass is 35.5. The maximum absolute atomic E-state index is 14.9. The molecule has 0 saturated carbocycles. The van der Waals surface area contributed by atoms with Gasteiger partial charge in [0.1, 0.15) is 17.4 Å². The monoisotopic (exact) mass is 704 g/mol. The zero-order chi connectivity index (χ0) is 35.6. The van der Waals surface area contributed by atoms with Gasteiger partial charge < -0.3 is 29.3 Å². The number of halogens is 2. The Balaban J connectivity index is 1.28. The third kappa shape index (κ3) is 9.83. The molecule has 1 aliphatic rings. The number of benzene rings is 3. The maximum Gasteiger partial charge on any atom is 0.421 e. The number of nitrogens with zero attached hydrogens (tertiary/aromatic N) is 5. The van der Waals surface area contributed by atoms with Crippen molar-refractivity contribution in [2.45, 2.75) is 47.1 Å². The van der Waals surface area contributed by atoms with E-state index in [9.17, 15) is 9.18 Å². The van der Waals surface area contributed by atoms with Gasteiger partial charge in [-0.1, -0.05) is 36.2 Å². The molecule has 1 amide bonds. The summed E-state index contributed by atoms with van der Waals surface area (Å²) < 4.78 is 32.5. The molecule has 2 heterocycles. The van der Waals surface area contributed by atoms with Crippen molar-refractivity contribution < 1.29 is 23.4 Å². The predicted molar refractivity (Wildman–Crippen MR) is 196 cm³/mol. The fourth-order valence-corrected chi connectivity index (χ4v) is 6.32. The van der Waals surface area contributed by atoms with Crippen molar-refractivity contribution in [3.05, 3.63) is 93.9 Å². The Labute approximate surface area is 299 Å². The van der Waals surface area contributed by atoms with Gasteiger partial charge in [-0.15, -0.1) is 0 Å². The molecular weight excluding hydrogens is 659 g/mol. The number of hydrogen-bond acceptors (Lipinski definition) is 9. The van der Waals surface area contributed by atoms with Crippen LogP contribution in [0.25, 0.3) is 0 Å². The van der Waals surface area contributed by atoms with E-state index in [0.29, 0.717) is 34.6 Å². The molecule has 3 aromatic carbocycles. The summed E-state index contributed by atoms with van der Waals surface area (Å²) in [5.41, 5.74) is 3.51. The summed E-state index contributed by atoms with van der Waals surface area (Å²) in [6.45, 7) is 14.9. The Morgan fingerprint density at radius 2 is 1.68 bits per heavy atom. The fourth-order valence-electron chi connectivity index (χ4n) is 6.12. The Hall–Kier alpha value is -4.45. The van der Waals surface area contributed by atoms with Crippen molar-refractivity contribution in [1.82, 2.24) is 19.8 Å². The van der Waals surface area contributed by atoms with Gasteiger partial charge in [0.2, 0.25) is 5.95 Å². The number of amides is 1. The molecule has 1 aliphatic heterocycles. The van der Waals surface area contributed by atoms with Crippen LogP contribution in [0.3, 0.4) is 0 Å². The molecule has 266 valence electrons. The van der Waals surface area contributed by atoms with Crippen LogP contribution in [-0.4, -0.2) is 78.8 Å². The predicted octanol–water partition coefficient (Wildman–Crippen LogP) is 7.95. The summed E-state index contributed by atoms with van der Waals surface area (Å²) in [7, 11) is 1.59. The first-order valence-corrected chi connectivity index (χ1v) is 17.4. The van der Waals surface area contributed by atoms with Crippen LogP contribution < -0.4 is 24.4 Å². The average Bonchev–Trinajstić information content (AvgIpc) is 3.10. The Bertz CT molecular complexity index is 1740. The van der Waals surface area contributed by atoms with Crippen molar-refractivity contribution in [2.24, 2.45) is 0 Å². The number of hydrogen-bond donors (Lipinski definition) is 1. The van der Waals surface area contributed by atoms with Crippen molar-refractivity contribution in [2.75, 3.05) is 63.2 Å². The smallest absolute Gasteiger partial charge is 0.421 e. The van der Waals surface area contributed by atoms with Crippen LogP contribution in [0.2, 0.25) is 5.02 Å². The number of anilines is 3. The number of nitrogens with one attached hydrogen (secondary N) is 1. The largest absolute Gasteiger partial charge is 0.493 e. The van der Waals surface area contributed by atoms with Crippen LogP contribution in [0.15, 0.2) is 60.8 Å². The van der Waals surface area contributed by atoms with E-state index in [1.54, 1.807) is 19.2 Å². The summed E-state index contributed by atoms with van der Waals surface area (Å²) >= 11 is 6.18. The molecule has 0 radical (unpaired) electrons. The molecule has 12 heteroatoms. The SMILES string of the molecule is CCCN1CCN(CCCOc2ccc(Nc3nccc(N(Cc4cc(Cl)ccc4F)C(=O)Oc4c(C)cc(C)cc4C)n3)cc2OC)CC1. The first-order valence-electron chi connectivity index (χ1n) is 17.0. The van der Waals surface area contributed by atoms with Gasteiger partial charge in [-0.3, -0.25) is 4.90 Å². The highest BCUT2D eigenvalue weighted by Crippen LogP contribution is 2.32. The lowest BCUT2D eigenvalue weighted by molar-refractivity contribution is 0.126. The number of aromatic nitrogens is 2. The second kappa shape index (κ2) is 17.5. The normalized spacial score (nSPS) is 13.6. The van der Waals surface area contributed by atoms with Crippen LogP contribution in [0.5, 0.6) is 17.2 Å². The van der Waals surface area contributed by atoms with Crippen molar-refractivity contribution in [1.29, 1.82) is 0 Å². The zero-order valence-electron chi connectivity index (χ0n) is 29.5. The van der Waals surface area contributed by atoms with Gasteiger partial charge in [-0.05, 0) is 87.7 Å². The van der Waals surface area contributed by atoms with Gasteiger partial charge >= 0.3 is 6.09 Å². The minimum atomic E-state index is -0.731. The standard InChI is InChI=1S/C38H46ClFN6O4/c1-6-14-44-16-18-45(19-17-44)15-7-20-49-33-11-9-31(24-34(33)48-5)42-37-41-13-12-35(43-37)46(25-29-23-30(39)8-10-32(29)40)38(47)50-36-27(3)21-26(2)22-28(36)4/h8-13,21-24H,6-7,14-20,25H2,1-5H3,(H,41,42,43). The van der Waals surface area contributed by atoms with E-state index in [0.717, 1.165) is 55.8 Å². The summed E-state index contributed by atoms with van der Waals surface area (Å²) in [5.74, 6) is 1.54. The number of methoxy groups -OCH3 is 1. The van der Waals surface area contributed by atoms with E-state index in [4.69, 9.17) is 25.8 Å². The Morgan fingerprint density at radius 3 is 2.38 bits per heavy atom. The maximum atomic E-state index is 14.9. The van der Waals surface area contributed by atoms with Crippen LogP contribution in [0.1, 0.15) is 42.0 Å². The molecule has 50 heavy (non-hydrogen) atoms. The molecule has 1 saturated heterocycles. The molecule has 0 aliphatic carbocycles. The zero-order valence-corrected chi connectivity index (χ0v) is 30.2. The van der Waals surface area contributed by atoms with Gasteiger partial charge in [-0.2, -0.15) is 4.98 Å². The average molecular weight is 705 g/mol. The molecule has 0 atom stereocenters. The third-order valence-electron chi connectivity index (χ3n) is 8.57. The van der Waals surface area contributed by atoms with Crippen LogP contribution in [-0.2, 0) is 6.54 Å². The molecule has 4 aromatic rings. The van der Waals surface area contributed by atoms with E-state index in [-0.39, 0.29) is 23.9 Å². The molecule has 1 aromatic heterocycles. The van der Waals surface area contributed by atoms with Crippen molar-refractivity contribution in [3.8, 4) is 17.2 Å². The summed E-state index contributed by atoms with van der Waals surface area (Å²) in [6, 6.07) is 15.1. The van der Waals surface area contributed by atoms with E-state index < -0.39 is 11.9 Å². The molecule has 10 nitrogen and oxygen atoms in total. The highest BCUT2D eigenvalue weighted by Gasteiger charge is 2.24. The number of aryl methyl sites for hydroxylation is 3. The minimum absolute atomic E-state index is 0.180. The Morgan fingerprint density at radius 1 is 0.960 bits per heavy atom. The third-order valence-corrected chi connectivity index (χ3v) is 8.80.